The number of amides is 1. The van der Waals surface area contributed by atoms with Crippen molar-refractivity contribution in [2.75, 3.05) is 5.32 Å². The van der Waals surface area contributed by atoms with E-state index in [1.807, 2.05) is 0 Å². The van der Waals surface area contributed by atoms with Crippen molar-refractivity contribution in [1.82, 2.24) is 14.9 Å². The summed E-state index contributed by atoms with van der Waals surface area (Å²) < 4.78 is 53.8. The molecule has 43 heavy (non-hydrogen) atoms. The highest BCUT2D eigenvalue weighted by atomic mass is 32.2. The third kappa shape index (κ3) is 7.81. The molecule has 0 radical (unpaired) electrons. The lowest BCUT2D eigenvalue weighted by atomic mass is 9.93. The lowest BCUT2D eigenvalue weighted by Crippen LogP contribution is -2.53. The molecule has 0 aliphatic heterocycles. The molecule has 0 saturated heterocycles. The van der Waals surface area contributed by atoms with Crippen LogP contribution >= 0.6 is 0 Å². The van der Waals surface area contributed by atoms with Crippen LogP contribution in [0.1, 0.15) is 38.8 Å². The minimum atomic E-state index is -4.18. The second-order valence-corrected chi connectivity index (χ2v) is 12.9. The average Bonchev–Trinajstić information content (AvgIpc) is 3.38. The molecule has 1 heterocycles. The Morgan fingerprint density at radius 3 is 2.23 bits per heavy atom. The normalized spacial score (nSPS) is 13.3. The van der Waals surface area contributed by atoms with E-state index in [0.29, 0.717) is 11.3 Å². The zero-order chi connectivity index (χ0) is 31.6. The van der Waals surface area contributed by atoms with Crippen molar-refractivity contribution in [1.29, 1.82) is 0 Å². The molecular formula is C30H31FN4O7S. The van der Waals surface area contributed by atoms with Crippen LogP contribution in [0.3, 0.4) is 0 Å². The Morgan fingerprint density at radius 2 is 1.65 bits per heavy atom. The number of carboxylic acids is 1. The van der Waals surface area contributed by atoms with Crippen LogP contribution in [-0.2, 0) is 26.0 Å². The van der Waals surface area contributed by atoms with Crippen molar-refractivity contribution < 1.29 is 36.8 Å². The van der Waals surface area contributed by atoms with Crippen LogP contribution in [0, 0.1) is 12.7 Å². The van der Waals surface area contributed by atoms with E-state index < -0.39 is 39.0 Å². The van der Waals surface area contributed by atoms with E-state index in [-0.39, 0.29) is 34.2 Å². The molecule has 0 spiro atoms. The van der Waals surface area contributed by atoms with Crippen LogP contribution in [0.2, 0.25) is 0 Å². The maximum Gasteiger partial charge on any atom is 0.412 e. The predicted octanol–water partition coefficient (Wildman–Crippen LogP) is 5.56. The lowest BCUT2D eigenvalue weighted by molar-refractivity contribution is -0.143. The van der Waals surface area contributed by atoms with E-state index in [0.717, 1.165) is 11.6 Å². The van der Waals surface area contributed by atoms with Gasteiger partial charge < -0.3 is 14.4 Å². The first-order valence-electron chi connectivity index (χ1n) is 13.1. The molecule has 0 aliphatic rings. The Balaban J connectivity index is 1.49. The summed E-state index contributed by atoms with van der Waals surface area (Å²) in [5.74, 6) is -2.12. The Morgan fingerprint density at radius 1 is 1.00 bits per heavy atom. The first kappa shape index (κ1) is 31.3. The first-order valence-corrected chi connectivity index (χ1v) is 14.6. The molecule has 1 unspecified atom stereocenters. The van der Waals surface area contributed by atoms with Crippen molar-refractivity contribution in [2.45, 2.75) is 57.1 Å². The number of sulfonamides is 1. The van der Waals surface area contributed by atoms with Gasteiger partial charge in [0.25, 0.3) is 5.89 Å². The van der Waals surface area contributed by atoms with Crippen LogP contribution in [0.25, 0.3) is 22.8 Å². The minimum Gasteiger partial charge on any atom is -0.480 e. The summed E-state index contributed by atoms with van der Waals surface area (Å²) in [6, 6.07) is 16.4. The molecule has 1 aromatic heterocycles. The van der Waals surface area contributed by atoms with Gasteiger partial charge in [0.05, 0.1) is 10.5 Å². The molecular weight excluding hydrogens is 579 g/mol. The van der Waals surface area contributed by atoms with Gasteiger partial charge in [0, 0.05) is 17.7 Å². The zero-order valence-electron chi connectivity index (χ0n) is 24.1. The Hall–Kier alpha value is -4.62. The fourth-order valence-electron chi connectivity index (χ4n) is 4.05. The van der Waals surface area contributed by atoms with Gasteiger partial charge in [-0.3, -0.25) is 10.1 Å². The monoisotopic (exact) mass is 610 g/mol. The van der Waals surface area contributed by atoms with Crippen LogP contribution < -0.4 is 10.0 Å². The Labute approximate surface area is 248 Å². The number of halogens is 1. The van der Waals surface area contributed by atoms with Crippen molar-refractivity contribution in [3.63, 3.8) is 0 Å². The number of benzene rings is 3. The topological polar surface area (TPSA) is 161 Å². The summed E-state index contributed by atoms with van der Waals surface area (Å²) >= 11 is 0. The highest BCUT2D eigenvalue weighted by molar-refractivity contribution is 7.89. The van der Waals surface area contributed by atoms with Gasteiger partial charge in [-0.05, 0) is 88.7 Å². The molecule has 226 valence electrons. The molecule has 3 N–H and O–H groups in total. The standard InChI is InChI=1S/C30H31FN4O7S/c1-18-6-13-22(14-7-18)43(39,40)35-30(5,27(36)37)17-19-8-15-23(24(31)16-19)25-33-26(42-34-25)20-9-11-21(12-10-20)32-28(38)41-29(2,3)4/h6-16,35H,17H2,1-5H3,(H,32,38)(H,36,37). The number of rotatable bonds is 9. The number of aromatic nitrogens is 2. The average molecular weight is 611 g/mol. The maximum absolute atomic E-state index is 15.2. The van der Waals surface area contributed by atoms with E-state index in [1.54, 1.807) is 64.1 Å². The zero-order valence-corrected chi connectivity index (χ0v) is 25.0. The van der Waals surface area contributed by atoms with Crippen LogP contribution in [-0.4, -0.2) is 46.9 Å². The van der Waals surface area contributed by atoms with Gasteiger partial charge in [0.1, 0.15) is 17.0 Å². The number of carboxylic acid groups (broad SMARTS) is 1. The summed E-state index contributed by atoms with van der Waals surface area (Å²) in [6.45, 7) is 8.27. The molecule has 4 aromatic rings. The van der Waals surface area contributed by atoms with Gasteiger partial charge in [0.2, 0.25) is 15.8 Å². The van der Waals surface area contributed by atoms with Crippen LogP contribution in [0.5, 0.6) is 0 Å². The Bertz CT molecular complexity index is 1750. The first-order chi connectivity index (χ1) is 20.0. The van der Waals surface area contributed by atoms with Crippen molar-refractivity contribution in [3.05, 3.63) is 83.7 Å². The van der Waals surface area contributed by atoms with Gasteiger partial charge in [-0.25, -0.2) is 17.6 Å². The molecule has 0 fully saturated rings. The molecule has 0 aliphatic carbocycles. The summed E-state index contributed by atoms with van der Waals surface area (Å²) in [6.07, 6.45) is -0.946. The third-order valence-electron chi connectivity index (χ3n) is 6.20. The fourth-order valence-corrected chi connectivity index (χ4v) is 5.42. The van der Waals surface area contributed by atoms with Crippen molar-refractivity contribution >= 4 is 27.8 Å². The SMILES string of the molecule is Cc1ccc(S(=O)(=O)NC(C)(Cc2ccc(-c3noc(-c4ccc(NC(=O)OC(C)(C)C)cc4)n3)c(F)c2)C(=O)O)cc1. The predicted molar refractivity (Wildman–Crippen MR) is 156 cm³/mol. The number of aliphatic carboxylic acids is 1. The smallest absolute Gasteiger partial charge is 0.412 e. The number of nitrogens with zero attached hydrogens (tertiary/aromatic N) is 2. The minimum absolute atomic E-state index is 0.000716. The molecule has 11 nitrogen and oxygen atoms in total. The van der Waals surface area contributed by atoms with E-state index in [1.165, 1.54) is 31.2 Å². The highest BCUT2D eigenvalue weighted by Gasteiger charge is 2.38. The van der Waals surface area contributed by atoms with Gasteiger partial charge >= 0.3 is 12.1 Å². The number of ether oxygens (including phenoxy) is 1. The second kappa shape index (κ2) is 11.9. The molecule has 3 aromatic carbocycles. The van der Waals surface area contributed by atoms with Gasteiger partial charge in [-0.15, -0.1) is 0 Å². The molecule has 1 amide bonds. The summed E-state index contributed by atoms with van der Waals surface area (Å²) in [5, 5.41) is 16.4. The summed E-state index contributed by atoms with van der Waals surface area (Å²) in [4.78, 5) is 28.3. The third-order valence-corrected chi connectivity index (χ3v) is 7.81. The molecule has 0 bridgehead atoms. The number of anilines is 1. The summed E-state index contributed by atoms with van der Waals surface area (Å²) in [5.41, 5.74) is -0.546. The van der Waals surface area contributed by atoms with Crippen LogP contribution in [0.15, 0.2) is 76.1 Å². The fraction of sp³-hybridized carbons (Fsp3) is 0.267. The molecule has 1 atom stereocenters. The van der Waals surface area contributed by atoms with E-state index >= 15 is 4.39 Å². The summed E-state index contributed by atoms with van der Waals surface area (Å²) in [7, 11) is -4.18. The van der Waals surface area contributed by atoms with E-state index in [4.69, 9.17) is 9.26 Å². The Kier molecular flexibility index (Phi) is 8.69. The number of aryl methyl sites for hydroxylation is 1. The van der Waals surface area contributed by atoms with Crippen molar-refractivity contribution in [3.8, 4) is 22.8 Å². The quantitative estimate of drug-likeness (QED) is 0.220. The van der Waals surface area contributed by atoms with Gasteiger partial charge in [0.15, 0.2) is 0 Å². The number of carbonyl (C=O) groups excluding carboxylic acids is 1. The molecule has 4 rings (SSSR count). The van der Waals surface area contributed by atoms with Crippen LogP contribution in [0.4, 0.5) is 14.9 Å². The number of nitrogens with one attached hydrogen (secondary N) is 2. The molecule has 0 saturated carbocycles. The largest absolute Gasteiger partial charge is 0.480 e. The van der Waals surface area contributed by atoms with Gasteiger partial charge in [-0.1, -0.05) is 28.9 Å². The molecule has 13 heteroatoms. The van der Waals surface area contributed by atoms with E-state index in [9.17, 15) is 23.1 Å². The second-order valence-electron chi connectivity index (χ2n) is 11.2. The van der Waals surface area contributed by atoms with Crippen molar-refractivity contribution in [2.24, 2.45) is 0 Å². The number of hydrogen-bond donors (Lipinski definition) is 3. The maximum atomic E-state index is 15.2. The number of carbonyl (C=O) groups is 2. The lowest BCUT2D eigenvalue weighted by Gasteiger charge is -2.26. The highest BCUT2D eigenvalue weighted by Crippen LogP contribution is 2.27. The number of hydrogen-bond acceptors (Lipinski definition) is 8. The van der Waals surface area contributed by atoms with Gasteiger partial charge in [-0.2, -0.15) is 9.71 Å². The van der Waals surface area contributed by atoms with E-state index in [2.05, 4.69) is 20.2 Å².